The maximum Gasteiger partial charge on any atom is 0.171 e. The van der Waals surface area contributed by atoms with Crippen molar-refractivity contribution in [1.29, 1.82) is 0 Å². The van der Waals surface area contributed by atoms with E-state index >= 15 is 0 Å². The van der Waals surface area contributed by atoms with Gasteiger partial charge >= 0.3 is 0 Å². The average Bonchev–Trinajstić information content (AvgIpc) is 2.92. The molecule has 5 nitrogen and oxygen atoms in total. The van der Waals surface area contributed by atoms with E-state index in [2.05, 4.69) is 26.0 Å². The minimum Gasteiger partial charge on any atom is -0.409 e. The average molecular weight is 342 g/mol. The number of amidine groups is 1. The van der Waals surface area contributed by atoms with Gasteiger partial charge in [-0.05, 0) is 59.8 Å². The van der Waals surface area contributed by atoms with Crippen molar-refractivity contribution in [2.75, 3.05) is 18.1 Å². The summed E-state index contributed by atoms with van der Waals surface area (Å²) in [6.45, 7) is 1.28. The molecule has 0 bridgehead atoms. The molecule has 0 aromatic heterocycles. The lowest BCUT2D eigenvalue weighted by molar-refractivity contribution is 0.279. The number of anilines is 1. The molecule has 1 atom stereocenters. The van der Waals surface area contributed by atoms with Gasteiger partial charge in [-0.15, -0.1) is 0 Å². The molecule has 0 spiro atoms. The summed E-state index contributed by atoms with van der Waals surface area (Å²) in [4.78, 5) is 2.37. The number of benzene rings is 1. The SMILES string of the molecule is N/C(=N/O)c1ccc(N2CCCC2CCCO)cc1Br. The van der Waals surface area contributed by atoms with E-state index in [0.717, 1.165) is 29.5 Å². The summed E-state index contributed by atoms with van der Waals surface area (Å²) in [5.74, 6) is 0.0988. The second-order valence-electron chi connectivity index (χ2n) is 5.00. The van der Waals surface area contributed by atoms with Crippen molar-refractivity contribution in [3.63, 3.8) is 0 Å². The van der Waals surface area contributed by atoms with Crippen LogP contribution < -0.4 is 10.6 Å². The first-order valence-electron chi connectivity index (χ1n) is 6.82. The molecular weight excluding hydrogens is 322 g/mol. The van der Waals surface area contributed by atoms with E-state index in [0.29, 0.717) is 11.6 Å². The number of oxime groups is 1. The molecule has 6 heteroatoms. The van der Waals surface area contributed by atoms with E-state index in [4.69, 9.17) is 16.0 Å². The second kappa shape index (κ2) is 6.95. The first-order chi connectivity index (χ1) is 9.67. The summed E-state index contributed by atoms with van der Waals surface area (Å²) in [6, 6.07) is 6.35. The Balaban J connectivity index is 2.18. The van der Waals surface area contributed by atoms with Crippen LogP contribution in [0.25, 0.3) is 0 Å². The highest BCUT2D eigenvalue weighted by molar-refractivity contribution is 9.10. The topological polar surface area (TPSA) is 82.1 Å². The Morgan fingerprint density at radius 1 is 1.50 bits per heavy atom. The summed E-state index contributed by atoms with van der Waals surface area (Å²) in [5, 5.41) is 20.7. The van der Waals surface area contributed by atoms with Crippen LogP contribution in [0.5, 0.6) is 0 Å². The van der Waals surface area contributed by atoms with Crippen LogP contribution in [0.4, 0.5) is 5.69 Å². The lowest BCUT2D eigenvalue weighted by Gasteiger charge is -2.27. The Morgan fingerprint density at radius 2 is 2.30 bits per heavy atom. The van der Waals surface area contributed by atoms with Crippen molar-refractivity contribution in [3.8, 4) is 0 Å². The zero-order chi connectivity index (χ0) is 14.5. The lowest BCUT2D eigenvalue weighted by atomic mass is 10.1. The van der Waals surface area contributed by atoms with Crippen LogP contribution in [0.2, 0.25) is 0 Å². The molecule has 4 N–H and O–H groups in total. The predicted octanol–water partition coefficient (Wildman–Crippen LogP) is 2.28. The fourth-order valence-electron chi connectivity index (χ4n) is 2.75. The van der Waals surface area contributed by atoms with E-state index in [1.165, 1.54) is 12.8 Å². The third-order valence-electron chi connectivity index (χ3n) is 3.74. The molecular formula is C14H20BrN3O2. The van der Waals surface area contributed by atoms with E-state index in [9.17, 15) is 0 Å². The molecule has 1 aliphatic rings. The molecule has 0 aliphatic carbocycles. The lowest BCUT2D eigenvalue weighted by Crippen LogP contribution is -2.29. The van der Waals surface area contributed by atoms with Crippen molar-refractivity contribution in [2.45, 2.75) is 31.7 Å². The standard InChI is InChI=1S/C14H20BrN3O2/c15-13-9-11(5-6-12(13)14(16)17-20)18-7-1-3-10(18)4-2-8-19/h5-6,9-10,19-20H,1-4,7-8H2,(H2,16,17). The number of aliphatic hydroxyl groups excluding tert-OH is 1. The number of halogens is 1. The Kier molecular flexibility index (Phi) is 5.25. The molecule has 0 radical (unpaired) electrons. The highest BCUT2D eigenvalue weighted by Crippen LogP contribution is 2.31. The third kappa shape index (κ3) is 3.24. The van der Waals surface area contributed by atoms with Crippen LogP contribution in [0.15, 0.2) is 27.8 Å². The van der Waals surface area contributed by atoms with Crippen molar-refractivity contribution in [2.24, 2.45) is 10.9 Å². The maximum absolute atomic E-state index is 8.98. The third-order valence-corrected chi connectivity index (χ3v) is 4.40. The maximum atomic E-state index is 8.98. The van der Waals surface area contributed by atoms with E-state index in [-0.39, 0.29) is 12.4 Å². The second-order valence-corrected chi connectivity index (χ2v) is 5.86. The van der Waals surface area contributed by atoms with Gasteiger partial charge < -0.3 is 20.9 Å². The molecule has 1 heterocycles. The number of hydrogen-bond acceptors (Lipinski definition) is 4. The zero-order valence-corrected chi connectivity index (χ0v) is 12.9. The highest BCUT2D eigenvalue weighted by Gasteiger charge is 2.24. The van der Waals surface area contributed by atoms with Crippen molar-refractivity contribution in [3.05, 3.63) is 28.2 Å². The molecule has 110 valence electrons. The van der Waals surface area contributed by atoms with Gasteiger partial charge in [-0.1, -0.05) is 5.16 Å². The first kappa shape index (κ1) is 15.1. The minimum absolute atomic E-state index is 0.0988. The summed E-state index contributed by atoms with van der Waals surface area (Å²) < 4.78 is 0.818. The van der Waals surface area contributed by atoms with E-state index < -0.39 is 0 Å². The van der Waals surface area contributed by atoms with Crippen LogP contribution >= 0.6 is 15.9 Å². The molecule has 1 unspecified atom stereocenters. The molecule has 20 heavy (non-hydrogen) atoms. The van der Waals surface area contributed by atoms with Crippen molar-refractivity contribution >= 4 is 27.5 Å². The monoisotopic (exact) mass is 341 g/mol. The Bertz CT molecular complexity index is 493. The number of nitrogens with zero attached hydrogens (tertiary/aromatic N) is 2. The van der Waals surface area contributed by atoms with Gasteiger partial charge in [-0.3, -0.25) is 0 Å². The van der Waals surface area contributed by atoms with Gasteiger partial charge in [0.2, 0.25) is 0 Å². The summed E-state index contributed by atoms with van der Waals surface area (Å²) in [5.41, 5.74) is 7.43. The van der Waals surface area contributed by atoms with Crippen LogP contribution in [0.1, 0.15) is 31.2 Å². The van der Waals surface area contributed by atoms with E-state index in [1.807, 2.05) is 18.2 Å². The van der Waals surface area contributed by atoms with Gasteiger partial charge in [0.1, 0.15) is 0 Å². The zero-order valence-electron chi connectivity index (χ0n) is 11.3. The Labute approximate surface area is 127 Å². The summed E-state index contributed by atoms with van der Waals surface area (Å²) in [7, 11) is 0. The van der Waals surface area contributed by atoms with Gasteiger partial charge in [0.05, 0.1) is 0 Å². The van der Waals surface area contributed by atoms with Crippen molar-refractivity contribution in [1.82, 2.24) is 0 Å². The minimum atomic E-state index is 0.0988. The van der Waals surface area contributed by atoms with Crippen LogP contribution in [0.3, 0.4) is 0 Å². The normalized spacial score (nSPS) is 19.6. The van der Waals surface area contributed by atoms with E-state index in [1.54, 1.807) is 0 Å². The molecule has 1 fully saturated rings. The van der Waals surface area contributed by atoms with Gasteiger partial charge in [0.15, 0.2) is 5.84 Å². The number of aliphatic hydroxyl groups is 1. The van der Waals surface area contributed by atoms with Gasteiger partial charge in [-0.2, -0.15) is 0 Å². The Morgan fingerprint density at radius 3 is 2.95 bits per heavy atom. The largest absolute Gasteiger partial charge is 0.409 e. The molecule has 1 saturated heterocycles. The van der Waals surface area contributed by atoms with Gasteiger partial charge in [0.25, 0.3) is 0 Å². The van der Waals surface area contributed by atoms with Crippen molar-refractivity contribution < 1.29 is 10.3 Å². The van der Waals surface area contributed by atoms with Crippen LogP contribution in [-0.4, -0.2) is 35.3 Å². The first-order valence-corrected chi connectivity index (χ1v) is 7.61. The predicted molar refractivity (Wildman–Crippen MR) is 83.3 cm³/mol. The van der Waals surface area contributed by atoms with Gasteiger partial charge in [-0.25, -0.2) is 0 Å². The molecule has 1 aromatic carbocycles. The molecule has 1 aliphatic heterocycles. The highest BCUT2D eigenvalue weighted by atomic mass is 79.9. The quantitative estimate of drug-likeness (QED) is 0.332. The number of nitrogens with two attached hydrogens (primary N) is 1. The molecule has 1 aromatic rings. The van der Waals surface area contributed by atoms with Crippen LogP contribution in [0, 0.1) is 0 Å². The summed E-state index contributed by atoms with van der Waals surface area (Å²) in [6.07, 6.45) is 4.19. The fourth-order valence-corrected chi connectivity index (χ4v) is 3.32. The summed E-state index contributed by atoms with van der Waals surface area (Å²) >= 11 is 3.47. The number of hydrogen-bond donors (Lipinski definition) is 3. The molecule has 0 amide bonds. The number of rotatable bonds is 5. The van der Waals surface area contributed by atoms with Crippen LogP contribution in [-0.2, 0) is 0 Å². The molecule has 0 saturated carbocycles. The van der Waals surface area contributed by atoms with Gasteiger partial charge in [0, 0.05) is 34.9 Å². The Hall–Kier alpha value is -1.27. The smallest absolute Gasteiger partial charge is 0.171 e. The fraction of sp³-hybridized carbons (Fsp3) is 0.500. The molecule has 2 rings (SSSR count).